The van der Waals surface area contributed by atoms with Crippen molar-refractivity contribution in [2.24, 2.45) is 5.73 Å². The van der Waals surface area contributed by atoms with Gasteiger partial charge < -0.3 is 5.73 Å². The van der Waals surface area contributed by atoms with E-state index in [9.17, 15) is 0 Å². The molecule has 2 N–H and O–H groups in total. The quantitative estimate of drug-likeness (QED) is 0.726. The van der Waals surface area contributed by atoms with Crippen molar-refractivity contribution in [1.82, 2.24) is 4.98 Å². The molecule has 15 heavy (non-hydrogen) atoms. The topological polar surface area (TPSA) is 38.9 Å². The Kier molecular flexibility index (Phi) is 5.33. The van der Waals surface area contributed by atoms with Crippen LogP contribution in [0.5, 0.6) is 0 Å². The van der Waals surface area contributed by atoms with E-state index in [1.807, 2.05) is 18.3 Å². The predicted molar refractivity (Wildman–Crippen MR) is 64.8 cm³/mol. The lowest BCUT2D eigenvalue weighted by molar-refractivity contribution is 0.491. The molecule has 0 radical (unpaired) electrons. The van der Waals surface area contributed by atoms with Gasteiger partial charge in [0, 0.05) is 23.9 Å². The van der Waals surface area contributed by atoms with Gasteiger partial charge in [0.1, 0.15) is 0 Å². The highest BCUT2D eigenvalue weighted by Gasteiger charge is 2.14. The molecule has 2 nitrogen and oxygen atoms in total. The van der Waals surface area contributed by atoms with Gasteiger partial charge in [-0.25, -0.2) is 0 Å². The average Bonchev–Trinajstić information content (AvgIpc) is 2.29. The fourth-order valence-corrected chi connectivity index (χ4v) is 1.74. The lowest BCUT2D eigenvalue weighted by atomic mass is 9.94. The van der Waals surface area contributed by atoms with Crippen LogP contribution in [0.15, 0.2) is 24.4 Å². The summed E-state index contributed by atoms with van der Waals surface area (Å²) in [4.78, 5) is 4.35. The Bertz CT molecular complexity index is 258. The Hall–Kier alpha value is -0.890. The van der Waals surface area contributed by atoms with Crippen molar-refractivity contribution in [3.63, 3.8) is 0 Å². The second-order valence-electron chi connectivity index (χ2n) is 4.20. The molecule has 1 rings (SSSR count). The summed E-state index contributed by atoms with van der Waals surface area (Å²) in [5, 5.41) is 0. The highest BCUT2D eigenvalue weighted by atomic mass is 14.7. The first kappa shape index (κ1) is 12.2. The first-order valence-corrected chi connectivity index (χ1v) is 5.92. The largest absolute Gasteiger partial charge is 0.327 e. The lowest BCUT2D eigenvalue weighted by Crippen LogP contribution is -2.27. The van der Waals surface area contributed by atoms with Crippen molar-refractivity contribution in [3.8, 4) is 0 Å². The molecule has 0 spiro atoms. The molecule has 0 amide bonds. The van der Waals surface area contributed by atoms with Crippen LogP contribution in [0.2, 0.25) is 0 Å². The summed E-state index contributed by atoms with van der Waals surface area (Å²) in [7, 11) is 0. The van der Waals surface area contributed by atoms with Crippen molar-refractivity contribution in [2.75, 3.05) is 0 Å². The van der Waals surface area contributed by atoms with Crippen LogP contribution < -0.4 is 5.73 Å². The van der Waals surface area contributed by atoms with Gasteiger partial charge in [-0.2, -0.15) is 0 Å². The van der Waals surface area contributed by atoms with E-state index in [-0.39, 0.29) is 6.04 Å². The summed E-state index contributed by atoms with van der Waals surface area (Å²) in [5.74, 6) is 0.364. The fraction of sp³-hybridized carbons (Fsp3) is 0.615. The molecule has 0 saturated heterocycles. The molecule has 1 heterocycles. The van der Waals surface area contributed by atoms with E-state index in [4.69, 9.17) is 5.73 Å². The molecular weight excluding hydrogens is 184 g/mol. The summed E-state index contributed by atoms with van der Waals surface area (Å²) in [6, 6.07) is 6.27. The Morgan fingerprint density at radius 1 is 1.33 bits per heavy atom. The third kappa shape index (κ3) is 4.00. The molecule has 0 aromatic carbocycles. The van der Waals surface area contributed by atoms with Crippen molar-refractivity contribution in [3.05, 3.63) is 30.1 Å². The van der Waals surface area contributed by atoms with Crippen molar-refractivity contribution < 1.29 is 0 Å². The van der Waals surface area contributed by atoms with E-state index in [0.717, 1.165) is 12.1 Å². The summed E-state index contributed by atoms with van der Waals surface area (Å²) in [5.41, 5.74) is 7.26. The molecular formula is C13H22N2. The average molecular weight is 206 g/mol. The first-order chi connectivity index (χ1) is 7.25. The molecule has 84 valence electrons. The van der Waals surface area contributed by atoms with Crippen LogP contribution in [0.4, 0.5) is 0 Å². The lowest BCUT2D eigenvalue weighted by Gasteiger charge is -2.19. The number of pyridine rings is 1. The summed E-state index contributed by atoms with van der Waals surface area (Å²) in [6.07, 6.45) is 6.71. The molecule has 1 aromatic heterocycles. The van der Waals surface area contributed by atoms with Gasteiger partial charge in [0.25, 0.3) is 0 Å². The Morgan fingerprint density at radius 3 is 2.73 bits per heavy atom. The standard InChI is InChI=1S/C13H22N2/c1-3-4-5-8-12(14)11(2)13-9-6-7-10-15-13/h6-7,9-12H,3-5,8,14H2,1-2H3. The van der Waals surface area contributed by atoms with Crippen LogP contribution in [0.25, 0.3) is 0 Å². The number of hydrogen-bond acceptors (Lipinski definition) is 2. The molecule has 2 unspecified atom stereocenters. The zero-order valence-electron chi connectivity index (χ0n) is 9.82. The monoisotopic (exact) mass is 206 g/mol. The first-order valence-electron chi connectivity index (χ1n) is 5.92. The summed E-state index contributed by atoms with van der Waals surface area (Å²) >= 11 is 0. The van der Waals surface area contributed by atoms with E-state index in [1.54, 1.807) is 0 Å². The van der Waals surface area contributed by atoms with Gasteiger partial charge in [0.05, 0.1) is 0 Å². The molecule has 0 aliphatic rings. The molecule has 2 atom stereocenters. The molecule has 0 fully saturated rings. The van der Waals surface area contributed by atoms with E-state index in [1.165, 1.54) is 19.3 Å². The van der Waals surface area contributed by atoms with Gasteiger partial charge in [-0.15, -0.1) is 0 Å². The third-order valence-corrected chi connectivity index (χ3v) is 2.94. The summed E-state index contributed by atoms with van der Waals surface area (Å²) in [6.45, 7) is 4.38. The van der Waals surface area contributed by atoms with E-state index in [0.29, 0.717) is 5.92 Å². The van der Waals surface area contributed by atoms with Crippen LogP contribution in [0, 0.1) is 0 Å². The number of nitrogens with zero attached hydrogens (tertiary/aromatic N) is 1. The van der Waals surface area contributed by atoms with Gasteiger partial charge >= 0.3 is 0 Å². The van der Waals surface area contributed by atoms with Crippen LogP contribution in [0.1, 0.15) is 51.1 Å². The molecule has 2 heteroatoms. The minimum Gasteiger partial charge on any atom is -0.327 e. The zero-order valence-corrected chi connectivity index (χ0v) is 9.82. The second-order valence-corrected chi connectivity index (χ2v) is 4.20. The number of aromatic nitrogens is 1. The maximum Gasteiger partial charge on any atom is 0.0447 e. The molecule has 0 bridgehead atoms. The zero-order chi connectivity index (χ0) is 11.1. The predicted octanol–water partition coefficient (Wildman–Crippen LogP) is 3.09. The molecule has 0 saturated carbocycles. The van der Waals surface area contributed by atoms with Gasteiger partial charge in [0.15, 0.2) is 0 Å². The van der Waals surface area contributed by atoms with E-state index >= 15 is 0 Å². The fourth-order valence-electron chi connectivity index (χ4n) is 1.74. The Labute approximate surface area is 92.9 Å². The Balaban J connectivity index is 2.42. The third-order valence-electron chi connectivity index (χ3n) is 2.94. The maximum absolute atomic E-state index is 6.15. The number of hydrogen-bond donors (Lipinski definition) is 1. The molecule has 0 aliphatic heterocycles. The van der Waals surface area contributed by atoms with Gasteiger partial charge in [-0.3, -0.25) is 4.98 Å². The number of rotatable bonds is 6. The second kappa shape index (κ2) is 6.57. The number of unbranched alkanes of at least 4 members (excludes halogenated alkanes) is 2. The summed E-state index contributed by atoms with van der Waals surface area (Å²) < 4.78 is 0. The van der Waals surface area contributed by atoms with Gasteiger partial charge in [-0.05, 0) is 18.6 Å². The Morgan fingerprint density at radius 2 is 2.13 bits per heavy atom. The van der Waals surface area contributed by atoms with Crippen LogP contribution in [0.3, 0.4) is 0 Å². The van der Waals surface area contributed by atoms with E-state index < -0.39 is 0 Å². The van der Waals surface area contributed by atoms with Crippen molar-refractivity contribution in [2.45, 2.75) is 51.5 Å². The van der Waals surface area contributed by atoms with Crippen molar-refractivity contribution >= 4 is 0 Å². The molecule has 0 aliphatic carbocycles. The maximum atomic E-state index is 6.15. The van der Waals surface area contributed by atoms with Crippen LogP contribution in [-0.4, -0.2) is 11.0 Å². The van der Waals surface area contributed by atoms with Crippen molar-refractivity contribution in [1.29, 1.82) is 0 Å². The normalized spacial score (nSPS) is 14.9. The van der Waals surface area contributed by atoms with Gasteiger partial charge in [-0.1, -0.05) is 39.2 Å². The minimum atomic E-state index is 0.242. The van der Waals surface area contributed by atoms with E-state index in [2.05, 4.69) is 24.9 Å². The smallest absolute Gasteiger partial charge is 0.0447 e. The minimum absolute atomic E-state index is 0.242. The molecule has 1 aromatic rings. The van der Waals surface area contributed by atoms with Crippen LogP contribution >= 0.6 is 0 Å². The number of nitrogens with two attached hydrogens (primary N) is 1. The van der Waals surface area contributed by atoms with Crippen LogP contribution in [-0.2, 0) is 0 Å². The highest BCUT2D eigenvalue weighted by Crippen LogP contribution is 2.18. The highest BCUT2D eigenvalue weighted by molar-refractivity contribution is 5.10. The van der Waals surface area contributed by atoms with Gasteiger partial charge in [0.2, 0.25) is 0 Å². The SMILES string of the molecule is CCCCCC(N)C(C)c1ccccn1.